The second-order valence-electron chi connectivity index (χ2n) is 3.43. The standard InChI is InChI=1S/C9H20N2S/c1-10-5-6-11(2)9-3-7-12-8-4-9/h9-10H,3-8H2,1-2H3. The molecule has 1 N–H and O–H groups in total. The maximum Gasteiger partial charge on any atom is 0.0108 e. The van der Waals surface area contributed by atoms with Gasteiger partial charge < -0.3 is 10.2 Å². The van der Waals surface area contributed by atoms with E-state index < -0.39 is 0 Å². The number of hydrogen-bond acceptors (Lipinski definition) is 3. The monoisotopic (exact) mass is 188 g/mol. The van der Waals surface area contributed by atoms with Crippen molar-refractivity contribution in [3.8, 4) is 0 Å². The van der Waals surface area contributed by atoms with Gasteiger partial charge in [-0.05, 0) is 38.4 Å². The van der Waals surface area contributed by atoms with Crippen molar-refractivity contribution in [2.75, 3.05) is 38.7 Å². The zero-order valence-electron chi connectivity index (χ0n) is 8.18. The third kappa shape index (κ3) is 3.33. The Bertz CT molecular complexity index is 113. The number of rotatable bonds is 4. The van der Waals surface area contributed by atoms with Crippen LogP contribution in [0.2, 0.25) is 0 Å². The van der Waals surface area contributed by atoms with E-state index in [1.54, 1.807) is 0 Å². The smallest absolute Gasteiger partial charge is 0.0108 e. The molecule has 0 aromatic carbocycles. The van der Waals surface area contributed by atoms with Crippen molar-refractivity contribution in [1.29, 1.82) is 0 Å². The quantitative estimate of drug-likeness (QED) is 0.709. The van der Waals surface area contributed by atoms with Gasteiger partial charge in [-0.3, -0.25) is 0 Å². The maximum absolute atomic E-state index is 3.19. The minimum absolute atomic E-state index is 0.847. The van der Waals surface area contributed by atoms with Gasteiger partial charge >= 0.3 is 0 Å². The fourth-order valence-corrected chi connectivity index (χ4v) is 2.68. The van der Waals surface area contributed by atoms with Crippen molar-refractivity contribution >= 4 is 11.8 Å². The topological polar surface area (TPSA) is 15.3 Å². The molecule has 12 heavy (non-hydrogen) atoms. The molecule has 0 atom stereocenters. The van der Waals surface area contributed by atoms with Gasteiger partial charge in [0.1, 0.15) is 0 Å². The number of likely N-dealkylation sites (N-methyl/N-ethyl adjacent to an activating group) is 2. The van der Waals surface area contributed by atoms with Crippen LogP contribution in [0.25, 0.3) is 0 Å². The van der Waals surface area contributed by atoms with Gasteiger partial charge in [0.2, 0.25) is 0 Å². The number of hydrogen-bond donors (Lipinski definition) is 1. The van der Waals surface area contributed by atoms with Gasteiger partial charge in [-0.1, -0.05) is 0 Å². The lowest BCUT2D eigenvalue weighted by Gasteiger charge is -2.30. The first-order valence-corrected chi connectivity index (χ1v) is 5.92. The van der Waals surface area contributed by atoms with E-state index >= 15 is 0 Å². The average Bonchev–Trinajstić information content (AvgIpc) is 2.15. The predicted octanol–water partition coefficient (Wildman–Crippen LogP) is 1.03. The van der Waals surface area contributed by atoms with Gasteiger partial charge in [0.05, 0.1) is 0 Å². The summed E-state index contributed by atoms with van der Waals surface area (Å²) in [5.41, 5.74) is 0. The number of thioether (sulfide) groups is 1. The summed E-state index contributed by atoms with van der Waals surface area (Å²) in [7, 11) is 4.27. The Morgan fingerprint density at radius 3 is 2.67 bits per heavy atom. The molecule has 0 unspecified atom stereocenters. The zero-order valence-corrected chi connectivity index (χ0v) is 8.99. The van der Waals surface area contributed by atoms with E-state index in [0.717, 1.165) is 12.6 Å². The minimum Gasteiger partial charge on any atom is -0.318 e. The van der Waals surface area contributed by atoms with Gasteiger partial charge in [0, 0.05) is 19.1 Å². The molecular weight excluding hydrogens is 168 g/mol. The molecular formula is C9H20N2S. The van der Waals surface area contributed by atoms with Crippen molar-refractivity contribution in [2.24, 2.45) is 0 Å². The molecule has 1 aliphatic heterocycles. The zero-order chi connectivity index (χ0) is 8.81. The van der Waals surface area contributed by atoms with Crippen LogP contribution in [-0.4, -0.2) is 49.6 Å². The highest BCUT2D eigenvalue weighted by atomic mass is 32.2. The fourth-order valence-electron chi connectivity index (χ4n) is 1.60. The molecule has 3 heteroatoms. The summed E-state index contributed by atoms with van der Waals surface area (Å²) in [4.78, 5) is 2.50. The van der Waals surface area contributed by atoms with Gasteiger partial charge in [0.15, 0.2) is 0 Å². The third-order valence-corrected chi connectivity index (χ3v) is 3.58. The first-order chi connectivity index (χ1) is 5.84. The van der Waals surface area contributed by atoms with Gasteiger partial charge in [-0.25, -0.2) is 0 Å². The lowest BCUT2D eigenvalue weighted by atomic mass is 10.1. The van der Waals surface area contributed by atoms with E-state index in [9.17, 15) is 0 Å². The normalized spacial score (nSPS) is 20.2. The molecule has 1 saturated heterocycles. The largest absolute Gasteiger partial charge is 0.318 e. The summed E-state index contributed by atoms with van der Waals surface area (Å²) in [5, 5.41) is 3.19. The van der Waals surface area contributed by atoms with Crippen LogP contribution < -0.4 is 5.32 Å². The molecule has 0 radical (unpaired) electrons. The molecule has 2 nitrogen and oxygen atoms in total. The van der Waals surface area contributed by atoms with E-state index in [0.29, 0.717) is 0 Å². The molecule has 1 rings (SSSR count). The molecule has 0 saturated carbocycles. The Hall–Kier alpha value is 0.270. The Kier molecular flexibility index (Phi) is 5.04. The Morgan fingerprint density at radius 2 is 2.08 bits per heavy atom. The summed E-state index contributed by atoms with van der Waals surface area (Å²) >= 11 is 2.10. The summed E-state index contributed by atoms with van der Waals surface area (Å²) in [5.74, 6) is 2.71. The summed E-state index contributed by atoms with van der Waals surface area (Å²) in [6.45, 7) is 2.30. The highest BCUT2D eigenvalue weighted by Gasteiger charge is 2.17. The highest BCUT2D eigenvalue weighted by molar-refractivity contribution is 7.99. The van der Waals surface area contributed by atoms with Crippen molar-refractivity contribution < 1.29 is 0 Å². The van der Waals surface area contributed by atoms with Crippen LogP contribution in [0.5, 0.6) is 0 Å². The summed E-state index contributed by atoms with van der Waals surface area (Å²) < 4.78 is 0. The molecule has 0 bridgehead atoms. The van der Waals surface area contributed by atoms with Crippen molar-refractivity contribution in [2.45, 2.75) is 18.9 Å². The molecule has 0 amide bonds. The van der Waals surface area contributed by atoms with Crippen molar-refractivity contribution in [1.82, 2.24) is 10.2 Å². The maximum atomic E-state index is 3.19. The van der Waals surface area contributed by atoms with Gasteiger partial charge in [0.25, 0.3) is 0 Å². The van der Waals surface area contributed by atoms with Gasteiger partial charge in [-0.15, -0.1) is 0 Å². The summed E-state index contributed by atoms with van der Waals surface area (Å²) in [6.07, 6.45) is 2.76. The Morgan fingerprint density at radius 1 is 1.42 bits per heavy atom. The van der Waals surface area contributed by atoms with Crippen LogP contribution in [0, 0.1) is 0 Å². The van der Waals surface area contributed by atoms with E-state index in [4.69, 9.17) is 0 Å². The molecule has 1 fully saturated rings. The van der Waals surface area contributed by atoms with E-state index in [-0.39, 0.29) is 0 Å². The molecule has 0 aromatic rings. The molecule has 72 valence electrons. The van der Waals surface area contributed by atoms with Crippen LogP contribution in [0.15, 0.2) is 0 Å². The average molecular weight is 188 g/mol. The first-order valence-electron chi connectivity index (χ1n) is 4.77. The van der Waals surface area contributed by atoms with E-state index in [1.807, 2.05) is 7.05 Å². The van der Waals surface area contributed by atoms with Crippen LogP contribution >= 0.6 is 11.8 Å². The second-order valence-corrected chi connectivity index (χ2v) is 4.65. The van der Waals surface area contributed by atoms with E-state index in [1.165, 1.54) is 30.9 Å². The van der Waals surface area contributed by atoms with E-state index in [2.05, 4.69) is 29.0 Å². The lowest BCUT2D eigenvalue weighted by molar-refractivity contribution is 0.231. The van der Waals surface area contributed by atoms with Crippen LogP contribution in [0.1, 0.15) is 12.8 Å². The van der Waals surface area contributed by atoms with Crippen molar-refractivity contribution in [3.05, 3.63) is 0 Å². The second kappa shape index (κ2) is 5.84. The van der Waals surface area contributed by atoms with Crippen LogP contribution in [-0.2, 0) is 0 Å². The van der Waals surface area contributed by atoms with Gasteiger partial charge in [-0.2, -0.15) is 11.8 Å². The molecule has 1 heterocycles. The Labute approximate surface area is 80.1 Å². The SMILES string of the molecule is CNCCN(C)C1CCSCC1. The predicted molar refractivity (Wildman–Crippen MR) is 56.9 cm³/mol. The minimum atomic E-state index is 0.847. The highest BCUT2D eigenvalue weighted by Crippen LogP contribution is 2.20. The number of nitrogens with one attached hydrogen (secondary N) is 1. The molecule has 0 aromatic heterocycles. The summed E-state index contributed by atoms with van der Waals surface area (Å²) in [6, 6.07) is 0.847. The van der Waals surface area contributed by atoms with Crippen molar-refractivity contribution in [3.63, 3.8) is 0 Å². The first kappa shape index (κ1) is 10.4. The molecule has 0 aliphatic carbocycles. The lowest BCUT2D eigenvalue weighted by Crippen LogP contribution is -2.38. The fraction of sp³-hybridized carbons (Fsp3) is 1.00. The molecule has 0 spiro atoms. The van der Waals surface area contributed by atoms with Crippen LogP contribution in [0.3, 0.4) is 0 Å². The number of nitrogens with zero attached hydrogens (tertiary/aromatic N) is 1. The third-order valence-electron chi connectivity index (χ3n) is 2.53. The molecule has 1 aliphatic rings. The van der Waals surface area contributed by atoms with Crippen LogP contribution in [0.4, 0.5) is 0 Å². The Balaban J connectivity index is 2.15.